The maximum atomic E-state index is 2.66. The summed E-state index contributed by atoms with van der Waals surface area (Å²) in [6, 6.07) is 1.62. The van der Waals surface area contributed by atoms with Crippen LogP contribution in [0.15, 0.2) is 0 Å². The molecule has 0 aromatic carbocycles. The summed E-state index contributed by atoms with van der Waals surface area (Å²) in [5, 5.41) is 0. The molecule has 1 heteroatoms. The number of likely N-dealkylation sites (tertiary alicyclic amines) is 1. The van der Waals surface area contributed by atoms with Gasteiger partial charge in [0.05, 0.1) is 0 Å². The molecule has 2 fully saturated rings. The third-order valence-electron chi connectivity index (χ3n) is 3.81. The van der Waals surface area contributed by atoms with E-state index in [1.165, 1.54) is 25.8 Å². The molecule has 0 N–H and O–H groups in total. The summed E-state index contributed by atoms with van der Waals surface area (Å²) in [6.45, 7) is 12.4. The molecule has 1 aliphatic heterocycles. The molecule has 1 saturated carbocycles. The fraction of sp³-hybridized carbons (Fsp3) is 1.00. The van der Waals surface area contributed by atoms with Gasteiger partial charge in [0, 0.05) is 12.1 Å². The first-order valence-corrected chi connectivity index (χ1v) is 5.91. The van der Waals surface area contributed by atoms with E-state index >= 15 is 0 Å². The van der Waals surface area contributed by atoms with E-state index in [1.54, 1.807) is 0 Å². The molecule has 0 amide bonds. The van der Waals surface area contributed by atoms with Crippen LogP contribution in [0.3, 0.4) is 0 Å². The molecule has 2 aliphatic rings. The van der Waals surface area contributed by atoms with Crippen molar-refractivity contribution in [3.8, 4) is 0 Å². The van der Waals surface area contributed by atoms with Crippen molar-refractivity contribution in [2.45, 2.75) is 66.0 Å². The Hall–Kier alpha value is -0.0400. The van der Waals surface area contributed by atoms with Crippen LogP contribution >= 0.6 is 0 Å². The van der Waals surface area contributed by atoms with Gasteiger partial charge in [-0.3, -0.25) is 4.90 Å². The van der Waals surface area contributed by atoms with Gasteiger partial charge in [0.15, 0.2) is 0 Å². The van der Waals surface area contributed by atoms with Crippen molar-refractivity contribution in [2.24, 2.45) is 5.41 Å². The largest absolute Gasteiger partial charge is 0.298 e. The molecule has 1 unspecified atom stereocenters. The predicted molar refractivity (Wildman–Crippen MR) is 58.9 cm³/mol. The first-order chi connectivity index (χ1) is 6.16. The molecular weight excluding hydrogens is 158 g/mol. The Morgan fingerprint density at radius 3 is 1.92 bits per heavy atom. The summed E-state index contributed by atoms with van der Waals surface area (Å²) in [4.78, 5) is 2.66. The molecule has 0 bridgehead atoms. The van der Waals surface area contributed by atoms with Gasteiger partial charge in [-0.2, -0.15) is 0 Å². The molecule has 13 heavy (non-hydrogen) atoms. The fourth-order valence-electron chi connectivity index (χ4n) is 2.64. The van der Waals surface area contributed by atoms with E-state index in [4.69, 9.17) is 0 Å². The highest BCUT2D eigenvalue weighted by Crippen LogP contribution is 2.57. The zero-order valence-corrected chi connectivity index (χ0v) is 9.93. The summed E-state index contributed by atoms with van der Waals surface area (Å²) in [5.41, 5.74) is 0.782. The minimum absolute atomic E-state index is 0.755. The smallest absolute Gasteiger partial charge is 0.0127 e. The van der Waals surface area contributed by atoms with E-state index in [0.29, 0.717) is 0 Å². The Morgan fingerprint density at radius 1 is 1.15 bits per heavy atom. The Labute approximate surface area is 83.5 Å². The van der Waals surface area contributed by atoms with Gasteiger partial charge in [-0.15, -0.1) is 0 Å². The lowest BCUT2D eigenvalue weighted by Crippen LogP contribution is -2.36. The van der Waals surface area contributed by atoms with Gasteiger partial charge >= 0.3 is 0 Å². The second-order valence-corrected chi connectivity index (χ2v) is 4.62. The lowest BCUT2D eigenvalue weighted by Gasteiger charge is -2.27. The molecular formula is C12H25N. The normalized spacial score (nSPS) is 30.5. The standard InChI is InChI=1S/C10H19N.C2H6/c1-8(2)11-7-6-10(4-5-10)9(11)3;1-2/h8-9H,4-7H2,1-3H3;1-2H3. The van der Waals surface area contributed by atoms with Gasteiger partial charge in [0.1, 0.15) is 0 Å². The number of hydrogen-bond acceptors (Lipinski definition) is 1. The number of rotatable bonds is 1. The van der Waals surface area contributed by atoms with Gasteiger partial charge in [-0.05, 0) is 52.0 Å². The van der Waals surface area contributed by atoms with Crippen molar-refractivity contribution in [1.82, 2.24) is 4.90 Å². The Kier molecular flexibility index (Phi) is 3.39. The Bertz CT molecular complexity index is 159. The van der Waals surface area contributed by atoms with Crippen LogP contribution in [0.2, 0.25) is 0 Å². The van der Waals surface area contributed by atoms with Crippen LogP contribution < -0.4 is 0 Å². The molecule has 78 valence electrons. The van der Waals surface area contributed by atoms with E-state index in [2.05, 4.69) is 25.7 Å². The highest BCUT2D eigenvalue weighted by atomic mass is 15.2. The average molecular weight is 183 g/mol. The Balaban J connectivity index is 0.000000396. The van der Waals surface area contributed by atoms with Crippen LogP contribution in [0.1, 0.15) is 53.9 Å². The average Bonchev–Trinajstić information content (AvgIpc) is 2.81. The predicted octanol–water partition coefficient (Wildman–Crippen LogP) is 3.30. The fourth-order valence-corrected chi connectivity index (χ4v) is 2.64. The minimum atomic E-state index is 0.755. The van der Waals surface area contributed by atoms with E-state index < -0.39 is 0 Å². The van der Waals surface area contributed by atoms with Crippen molar-refractivity contribution in [3.63, 3.8) is 0 Å². The third-order valence-corrected chi connectivity index (χ3v) is 3.81. The summed E-state index contributed by atoms with van der Waals surface area (Å²) in [7, 11) is 0. The van der Waals surface area contributed by atoms with Crippen LogP contribution in [0.25, 0.3) is 0 Å². The maximum Gasteiger partial charge on any atom is 0.0127 e. The summed E-state index contributed by atoms with van der Waals surface area (Å²) < 4.78 is 0. The van der Waals surface area contributed by atoms with Crippen molar-refractivity contribution >= 4 is 0 Å². The SMILES string of the molecule is CC.CC(C)N1CCC2(CC2)C1C. The maximum absolute atomic E-state index is 2.66. The highest BCUT2D eigenvalue weighted by molar-refractivity contribution is 5.06. The quantitative estimate of drug-likeness (QED) is 0.603. The molecule has 0 aromatic rings. The molecule has 2 rings (SSSR count). The van der Waals surface area contributed by atoms with Crippen molar-refractivity contribution in [2.75, 3.05) is 6.54 Å². The second-order valence-electron chi connectivity index (χ2n) is 4.62. The van der Waals surface area contributed by atoms with Crippen LogP contribution in [-0.4, -0.2) is 23.5 Å². The van der Waals surface area contributed by atoms with Gasteiger partial charge < -0.3 is 0 Å². The Morgan fingerprint density at radius 2 is 1.69 bits per heavy atom. The van der Waals surface area contributed by atoms with Crippen molar-refractivity contribution in [3.05, 3.63) is 0 Å². The monoisotopic (exact) mass is 183 g/mol. The van der Waals surface area contributed by atoms with E-state index in [9.17, 15) is 0 Å². The van der Waals surface area contributed by atoms with Gasteiger partial charge in [-0.25, -0.2) is 0 Å². The summed E-state index contributed by atoms with van der Waals surface area (Å²) in [6.07, 6.45) is 4.46. The van der Waals surface area contributed by atoms with Crippen LogP contribution in [-0.2, 0) is 0 Å². The molecule has 0 aromatic heterocycles. The van der Waals surface area contributed by atoms with Crippen molar-refractivity contribution in [1.29, 1.82) is 0 Å². The molecule has 0 radical (unpaired) electrons. The van der Waals surface area contributed by atoms with E-state index in [-0.39, 0.29) is 0 Å². The highest BCUT2D eigenvalue weighted by Gasteiger charge is 2.53. The van der Waals surface area contributed by atoms with Gasteiger partial charge in [0.25, 0.3) is 0 Å². The van der Waals surface area contributed by atoms with Crippen molar-refractivity contribution < 1.29 is 0 Å². The lowest BCUT2D eigenvalue weighted by atomic mass is 9.99. The van der Waals surface area contributed by atoms with Crippen LogP contribution in [0.4, 0.5) is 0 Å². The first-order valence-electron chi connectivity index (χ1n) is 5.91. The third kappa shape index (κ3) is 1.90. The van der Waals surface area contributed by atoms with Crippen LogP contribution in [0.5, 0.6) is 0 Å². The van der Waals surface area contributed by atoms with Gasteiger partial charge in [-0.1, -0.05) is 13.8 Å². The molecule has 1 saturated heterocycles. The molecule has 1 atom stereocenters. The van der Waals surface area contributed by atoms with E-state index in [1.807, 2.05) is 13.8 Å². The van der Waals surface area contributed by atoms with E-state index in [0.717, 1.165) is 17.5 Å². The van der Waals surface area contributed by atoms with Crippen LogP contribution in [0, 0.1) is 5.41 Å². The lowest BCUT2D eigenvalue weighted by molar-refractivity contribution is 0.189. The zero-order valence-electron chi connectivity index (χ0n) is 9.93. The minimum Gasteiger partial charge on any atom is -0.298 e. The molecule has 1 aliphatic carbocycles. The van der Waals surface area contributed by atoms with Gasteiger partial charge in [0.2, 0.25) is 0 Å². The topological polar surface area (TPSA) is 3.24 Å². The summed E-state index contributed by atoms with van der Waals surface area (Å²) in [5.74, 6) is 0. The number of hydrogen-bond donors (Lipinski definition) is 0. The molecule has 1 spiro atoms. The first kappa shape index (κ1) is 11.0. The summed E-state index contributed by atoms with van der Waals surface area (Å²) >= 11 is 0. The number of nitrogens with zero attached hydrogens (tertiary/aromatic N) is 1. The second kappa shape index (κ2) is 4.00. The molecule has 1 heterocycles. The molecule has 1 nitrogen and oxygen atoms in total. The zero-order chi connectivity index (χ0) is 10.1.